The molecule has 2 atom stereocenters. The molecule has 0 aliphatic rings. The Kier molecular flexibility index (Phi) is 10.2. The van der Waals surface area contributed by atoms with Crippen molar-refractivity contribution in [2.75, 3.05) is 14.2 Å². The molecular formula is C35H39N3O7Si. The molecule has 11 heteroatoms. The Morgan fingerprint density at radius 1 is 0.848 bits per heavy atom. The van der Waals surface area contributed by atoms with Crippen molar-refractivity contribution < 1.29 is 31.9 Å². The standard InChI is InChI=1S/C35H39N3O7Si/c1-24(14-13-19-31(39)40-5)32(41-6)27-20-43-34(37-27)29-22-44-33(38-29)28-21-42-30(36-28)23-45-46(35(2,3)4,25-15-9-7-10-16-25)26-17-11-8-12-18-26/h7-18,20-22,24,32H,19,23H2,1-6H3/b14-13+/t24-,32-/m0/s1. The van der Waals surface area contributed by atoms with Crippen molar-refractivity contribution in [1.29, 1.82) is 0 Å². The molecule has 240 valence electrons. The van der Waals surface area contributed by atoms with Crippen molar-refractivity contribution in [1.82, 2.24) is 15.0 Å². The van der Waals surface area contributed by atoms with E-state index < -0.39 is 14.4 Å². The minimum Gasteiger partial charge on any atom is -0.469 e. The molecule has 0 bridgehead atoms. The van der Waals surface area contributed by atoms with Crippen molar-refractivity contribution in [3.63, 3.8) is 0 Å². The highest BCUT2D eigenvalue weighted by Crippen LogP contribution is 2.37. The van der Waals surface area contributed by atoms with E-state index in [9.17, 15) is 4.79 Å². The molecule has 3 aromatic heterocycles. The third kappa shape index (κ3) is 6.96. The normalized spacial score (nSPS) is 13.6. The van der Waals surface area contributed by atoms with Gasteiger partial charge < -0.3 is 27.2 Å². The molecule has 46 heavy (non-hydrogen) atoms. The van der Waals surface area contributed by atoms with Crippen LogP contribution in [0.1, 0.15) is 51.8 Å². The van der Waals surface area contributed by atoms with Crippen LogP contribution >= 0.6 is 0 Å². The summed E-state index contributed by atoms with van der Waals surface area (Å²) in [5.41, 5.74) is 1.41. The molecule has 5 aromatic rings. The summed E-state index contributed by atoms with van der Waals surface area (Å²) in [4.78, 5) is 25.2. The number of hydrogen-bond donors (Lipinski definition) is 0. The van der Waals surface area contributed by atoms with Crippen LogP contribution in [-0.2, 0) is 25.3 Å². The number of methoxy groups -OCH3 is 2. The first-order valence-corrected chi connectivity index (χ1v) is 16.9. The van der Waals surface area contributed by atoms with Crippen molar-refractivity contribution in [3.05, 3.63) is 103 Å². The second-order valence-electron chi connectivity index (χ2n) is 11.9. The average molecular weight is 642 g/mol. The van der Waals surface area contributed by atoms with Crippen LogP contribution in [0.3, 0.4) is 0 Å². The zero-order chi connectivity index (χ0) is 32.7. The predicted molar refractivity (Wildman–Crippen MR) is 175 cm³/mol. The number of benzene rings is 2. The fourth-order valence-electron chi connectivity index (χ4n) is 5.60. The summed E-state index contributed by atoms with van der Waals surface area (Å²) in [6.07, 6.45) is 7.90. The number of carbonyl (C=O) groups excluding carboxylic acids is 1. The molecule has 2 aromatic carbocycles. The maximum atomic E-state index is 11.4. The van der Waals surface area contributed by atoms with Crippen LogP contribution in [0.4, 0.5) is 0 Å². The van der Waals surface area contributed by atoms with Gasteiger partial charge >= 0.3 is 5.97 Å². The highest BCUT2D eigenvalue weighted by Gasteiger charge is 2.50. The van der Waals surface area contributed by atoms with E-state index in [0.717, 1.165) is 0 Å². The monoisotopic (exact) mass is 641 g/mol. The van der Waals surface area contributed by atoms with Crippen molar-refractivity contribution >= 4 is 24.7 Å². The molecule has 0 spiro atoms. The van der Waals surface area contributed by atoms with Crippen LogP contribution in [0.2, 0.25) is 5.04 Å². The summed E-state index contributed by atoms with van der Waals surface area (Å²) in [5, 5.41) is 2.16. The Labute approximate surface area is 269 Å². The highest BCUT2D eigenvalue weighted by atomic mass is 28.4. The molecule has 0 saturated heterocycles. The van der Waals surface area contributed by atoms with Gasteiger partial charge in [0, 0.05) is 13.0 Å². The van der Waals surface area contributed by atoms with E-state index in [1.807, 2.05) is 25.1 Å². The number of hydrogen-bond acceptors (Lipinski definition) is 10. The van der Waals surface area contributed by atoms with Gasteiger partial charge in [0.2, 0.25) is 17.7 Å². The maximum absolute atomic E-state index is 11.4. The molecule has 0 unspecified atom stereocenters. The van der Waals surface area contributed by atoms with Crippen LogP contribution in [0.15, 0.2) is 105 Å². The summed E-state index contributed by atoms with van der Waals surface area (Å²) < 4.78 is 34.6. The van der Waals surface area contributed by atoms with Gasteiger partial charge in [-0.15, -0.1) is 0 Å². The quantitative estimate of drug-likeness (QED) is 0.0799. The number of oxazole rings is 3. The van der Waals surface area contributed by atoms with E-state index in [-0.39, 0.29) is 41.7 Å². The molecule has 0 fully saturated rings. The topological polar surface area (TPSA) is 123 Å². The van der Waals surface area contributed by atoms with Crippen molar-refractivity contribution in [3.8, 4) is 23.2 Å². The van der Waals surface area contributed by atoms with Gasteiger partial charge in [-0.05, 0) is 15.4 Å². The molecule has 3 heterocycles. The molecule has 0 N–H and O–H groups in total. The molecule has 0 radical (unpaired) electrons. The maximum Gasteiger partial charge on any atom is 0.309 e. The third-order valence-corrected chi connectivity index (χ3v) is 12.8. The molecule has 0 amide bonds. The summed E-state index contributed by atoms with van der Waals surface area (Å²) in [5.74, 6) is 0.557. The number of ether oxygens (including phenoxy) is 2. The first-order valence-electron chi connectivity index (χ1n) is 15.0. The summed E-state index contributed by atoms with van der Waals surface area (Å²) in [6, 6.07) is 20.8. The Hall–Kier alpha value is -4.58. The highest BCUT2D eigenvalue weighted by molar-refractivity contribution is 6.99. The van der Waals surface area contributed by atoms with Gasteiger partial charge in [0.15, 0.2) is 11.4 Å². The van der Waals surface area contributed by atoms with E-state index in [2.05, 4.69) is 89.0 Å². The first-order chi connectivity index (χ1) is 22.2. The van der Waals surface area contributed by atoms with Crippen molar-refractivity contribution in [2.24, 2.45) is 5.92 Å². The lowest BCUT2D eigenvalue weighted by Crippen LogP contribution is -2.66. The lowest BCUT2D eigenvalue weighted by Gasteiger charge is -2.42. The third-order valence-electron chi connectivity index (χ3n) is 7.82. The number of nitrogens with zero attached hydrogens (tertiary/aromatic N) is 3. The molecule has 0 saturated carbocycles. The fourth-order valence-corrected chi connectivity index (χ4v) is 10.1. The lowest BCUT2D eigenvalue weighted by atomic mass is 10.0. The minimum absolute atomic E-state index is 0.0832. The Bertz CT molecular complexity index is 1700. The molecular weight excluding hydrogens is 602 g/mol. The van der Waals surface area contributed by atoms with Crippen LogP contribution in [-0.4, -0.2) is 43.5 Å². The average Bonchev–Trinajstić information content (AvgIpc) is 3.84. The second kappa shape index (κ2) is 14.2. The van der Waals surface area contributed by atoms with E-state index in [4.69, 9.17) is 22.4 Å². The molecule has 0 aliphatic carbocycles. The minimum atomic E-state index is -2.77. The number of carbonyl (C=O) groups is 1. The zero-order valence-corrected chi connectivity index (χ0v) is 27.9. The van der Waals surface area contributed by atoms with E-state index in [1.54, 1.807) is 13.2 Å². The van der Waals surface area contributed by atoms with Crippen LogP contribution in [0, 0.1) is 5.92 Å². The van der Waals surface area contributed by atoms with Crippen molar-refractivity contribution in [2.45, 2.75) is 51.9 Å². The lowest BCUT2D eigenvalue weighted by molar-refractivity contribution is -0.139. The number of aromatic nitrogens is 3. The molecule has 10 nitrogen and oxygen atoms in total. The SMILES string of the molecule is COC(=O)C/C=C/[C@H](C)[C@H](OC)c1coc(-c2coc(-c3coc(CO[Si](c4ccccc4)(c4ccccc4)C(C)(C)C)n3)n2)n1. The Balaban J connectivity index is 1.32. The van der Waals surface area contributed by atoms with Gasteiger partial charge in [-0.1, -0.05) is 101 Å². The van der Waals surface area contributed by atoms with Gasteiger partial charge in [-0.25, -0.2) is 15.0 Å². The fraction of sp³-hybridized carbons (Fsp3) is 0.314. The summed E-state index contributed by atoms with van der Waals surface area (Å²) >= 11 is 0. The second-order valence-corrected chi connectivity index (χ2v) is 16.2. The van der Waals surface area contributed by atoms with Gasteiger partial charge in [0.05, 0.1) is 13.5 Å². The van der Waals surface area contributed by atoms with E-state index in [0.29, 0.717) is 23.0 Å². The van der Waals surface area contributed by atoms with Gasteiger partial charge in [0.25, 0.3) is 8.32 Å². The van der Waals surface area contributed by atoms with Crippen LogP contribution < -0.4 is 10.4 Å². The Morgan fingerprint density at radius 2 is 1.43 bits per heavy atom. The van der Waals surface area contributed by atoms with Gasteiger partial charge in [-0.2, -0.15) is 0 Å². The Morgan fingerprint density at radius 3 is 2.04 bits per heavy atom. The summed E-state index contributed by atoms with van der Waals surface area (Å²) in [6.45, 7) is 8.80. The first kappa shape index (κ1) is 32.8. The number of esters is 1. The van der Waals surface area contributed by atoms with Gasteiger partial charge in [-0.3, -0.25) is 4.79 Å². The van der Waals surface area contributed by atoms with Crippen LogP contribution in [0.25, 0.3) is 23.2 Å². The summed E-state index contributed by atoms with van der Waals surface area (Å²) in [7, 11) is 0.183. The smallest absolute Gasteiger partial charge is 0.309 e. The number of rotatable bonds is 13. The molecule has 5 rings (SSSR count). The predicted octanol–water partition coefficient (Wildman–Crippen LogP) is 6.50. The van der Waals surface area contributed by atoms with Crippen LogP contribution in [0.5, 0.6) is 0 Å². The largest absolute Gasteiger partial charge is 0.469 e. The van der Waals surface area contributed by atoms with Gasteiger partial charge in [0.1, 0.15) is 37.2 Å². The van der Waals surface area contributed by atoms with E-state index in [1.165, 1.54) is 36.3 Å². The molecule has 0 aliphatic heterocycles. The van der Waals surface area contributed by atoms with E-state index >= 15 is 0 Å². The zero-order valence-electron chi connectivity index (χ0n) is 26.9.